The van der Waals surface area contributed by atoms with Gasteiger partial charge in [-0.05, 0) is 352 Å². The molecule has 11 fully saturated rings. The monoisotopic (exact) mass is 1640 g/mol. The lowest BCUT2D eigenvalue weighted by Crippen LogP contribution is -2.57. The van der Waals surface area contributed by atoms with Crippen LogP contribution in [0.15, 0.2) is 0 Å². The molecule has 20 heteroatoms. The number of ether oxygens (including phenoxy) is 10. The van der Waals surface area contributed by atoms with Gasteiger partial charge in [0.15, 0.2) is 19.8 Å². The summed E-state index contributed by atoms with van der Waals surface area (Å²) in [5, 5.41) is 0. The minimum absolute atomic E-state index is 0.115. The molecule has 0 aromatic carbocycles. The highest BCUT2D eigenvalue weighted by atomic mass is 16.6. The van der Waals surface area contributed by atoms with Crippen LogP contribution >= 0.6 is 0 Å². The van der Waals surface area contributed by atoms with Crippen LogP contribution in [0.3, 0.4) is 0 Å². The summed E-state index contributed by atoms with van der Waals surface area (Å²) in [7, 11) is 0. The Balaban J connectivity index is 0.000000260. The second-order valence-corrected chi connectivity index (χ2v) is 42.4. The van der Waals surface area contributed by atoms with Gasteiger partial charge < -0.3 is 47.4 Å². The molecule has 11 rings (SSSR count). The first-order valence-electron chi connectivity index (χ1n) is 45.7. The van der Waals surface area contributed by atoms with E-state index in [4.69, 9.17) is 47.4 Å². The van der Waals surface area contributed by atoms with Crippen LogP contribution in [0.25, 0.3) is 0 Å². The highest BCUT2D eigenvalue weighted by molar-refractivity contribution is 5.82. The van der Waals surface area contributed by atoms with Crippen molar-refractivity contribution >= 4 is 59.7 Å². The Hall–Kier alpha value is -5.30. The van der Waals surface area contributed by atoms with Gasteiger partial charge >= 0.3 is 59.7 Å². The summed E-state index contributed by atoms with van der Waals surface area (Å²) in [6.07, 6.45) is 36.7. The minimum Gasteiger partial charge on any atom is -0.465 e. The summed E-state index contributed by atoms with van der Waals surface area (Å²) in [6.45, 7) is 48.2. The van der Waals surface area contributed by atoms with Crippen molar-refractivity contribution in [3.05, 3.63) is 0 Å². The second-order valence-electron chi connectivity index (χ2n) is 42.4. The second kappa shape index (κ2) is 43.0. The third-order valence-electron chi connectivity index (χ3n) is 30.0. The van der Waals surface area contributed by atoms with E-state index in [0.717, 1.165) is 93.3 Å². The van der Waals surface area contributed by atoms with Gasteiger partial charge in [-0.2, -0.15) is 0 Å². The van der Waals surface area contributed by atoms with Crippen LogP contribution in [0.5, 0.6) is 0 Å². The predicted molar refractivity (Wildman–Crippen MR) is 451 cm³/mol. The maximum absolute atomic E-state index is 12.5. The Morgan fingerprint density at radius 2 is 0.509 bits per heavy atom. The van der Waals surface area contributed by atoms with Crippen LogP contribution < -0.4 is 0 Å². The van der Waals surface area contributed by atoms with Crippen LogP contribution in [0.1, 0.15) is 398 Å². The summed E-state index contributed by atoms with van der Waals surface area (Å²) >= 11 is 0. The molecule has 668 valence electrons. The van der Waals surface area contributed by atoms with Gasteiger partial charge in [-0.25, -0.2) is 14.4 Å². The van der Waals surface area contributed by atoms with Crippen molar-refractivity contribution in [1.82, 2.24) is 0 Å². The lowest BCUT2D eigenvalue weighted by Gasteiger charge is -2.61. The molecule has 1 unspecified atom stereocenters. The van der Waals surface area contributed by atoms with Crippen LogP contribution in [-0.4, -0.2) is 121 Å². The summed E-state index contributed by atoms with van der Waals surface area (Å²) < 4.78 is 54.7. The van der Waals surface area contributed by atoms with Crippen molar-refractivity contribution in [3.63, 3.8) is 0 Å². The van der Waals surface area contributed by atoms with E-state index in [1.165, 1.54) is 122 Å². The SMILES string of the molecule is CCC(C)(C)C(=O)OCC(=O)OC(C)(C)C12CC3CC(CC(C3)C1)C2.CCC(C)(C)C(=O)OCC(=O)OC(C)(C)C1CCCC1.CCC(C)(C)C(=O)OCC(=O)OC(C)(CC)C1CCCC1.CCC(C)(C)C(=O)OCCCC(=O)OC(C)(C)C12CC3CC(CC(C3)C1)C2.CCC(C)(C)C(=O)OCCCC(=O)OC(C)(C)C1CCCCC1. The number of hydrogen-bond acceptors (Lipinski definition) is 20. The van der Waals surface area contributed by atoms with Crippen molar-refractivity contribution in [1.29, 1.82) is 0 Å². The van der Waals surface area contributed by atoms with E-state index in [1.807, 2.05) is 145 Å². The van der Waals surface area contributed by atoms with Crippen molar-refractivity contribution in [3.8, 4) is 0 Å². The Bertz CT molecular complexity index is 3130. The van der Waals surface area contributed by atoms with Crippen molar-refractivity contribution in [2.45, 2.75) is 426 Å². The summed E-state index contributed by atoms with van der Waals surface area (Å²) in [5.41, 5.74) is -4.48. The van der Waals surface area contributed by atoms with Gasteiger partial charge in [0.2, 0.25) is 0 Å². The molecule has 116 heavy (non-hydrogen) atoms. The van der Waals surface area contributed by atoms with E-state index < -0.39 is 73.0 Å². The molecule has 0 aliphatic heterocycles. The molecule has 11 aliphatic carbocycles. The van der Waals surface area contributed by atoms with Gasteiger partial charge in [-0.15, -0.1) is 0 Å². The van der Waals surface area contributed by atoms with Gasteiger partial charge in [0, 0.05) is 23.7 Å². The number of carbonyl (C=O) groups is 10. The zero-order chi connectivity index (χ0) is 87.3. The number of carbonyl (C=O) groups excluding carboxylic acids is 10. The zero-order valence-electron chi connectivity index (χ0n) is 77.6. The molecule has 0 radical (unpaired) electrons. The fourth-order valence-electron chi connectivity index (χ4n) is 19.9. The molecule has 20 nitrogen and oxygen atoms in total. The quantitative estimate of drug-likeness (QED) is 0.0324. The Labute approximate surface area is 701 Å². The first-order chi connectivity index (χ1) is 53.8. The van der Waals surface area contributed by atoms with E-state index in [2.05, 4.69) is 27.7 Å². The predicted octanol–water partition coefficient (Wildman–Crippen LogP) is 21.8. The first kappa shape index (κ1) is 101. The number of esters is 10. The lowest BCUT2D eigenvalue weighted by atomic mass is 9.46. The van der Waals surface area contributed by atoms with E-state index in [9.17, 15) is 47.9 Å². The minimum atomic E-state index is -0.560. The Morgan fingerprint density at radius 1 is 0.276 bits per heavy atom. The van der Waals surface area contributed by atoms with Gasteiger partial charge in [0.05, 0.1) is 40.3 Å². The van der Waals surface area contributed by atoms with E-state index in [0.29, 0.717) is 62.7 Å². The maximum Gasteiger partial charge on any atom is 0.344 e. The van der Waals surface area contributed by atoms with Gasteiger partial charge in [-0.3, -0.25) is 33.6 Å². The van der Waals surface area contributed by atoms with Crippen LogP contribution in [0.2, 0.25) is 0 Å². The zero-order valence-corrected chi connectivity index (χ0v) is 77.6. The fourth-order valence-corrected chi connectivity index (χ4v) is 19.9. The Kier molecular flexibility index (Phi) is 37.5. The standard InChI is InChI=1S/C23H38O4.C21H34O4.C19H34O4.C17H30O4.C16H28O4/c1-6-21(2,3)20(25)26-9-7-8-19(24)27-22(4,5)23-13-16-10-17(14-23)12-18(11-16)15-23;1-6-19(2,3)18(23)24-13-17(22)25-20(4,5)21-10-14-7-15(11-21)9-16(8-14)12-21;1-6-18(2,3)17(21)22-14-10-13-16(20)23-19(4,5)15-11-8-7-9-12-15;1-6-16(3,4)15(19)20-12-14(18)21-17(5,7-2)13-10-8-9-11-13;1-6-15(2,3)14(18)19-11-13(17)20-16(4,5)12-9-7-8-10-12/h16-18H,6-15H2,1-5H3;14-16H,6-13H2,1-5H3;15H,6-14H2,1-5H3;13H,6-12H2,1-5H3;12H,6-11H2,1-5H3. The number of rotatable bonds is 35. The van der Waals surface area contributed by atoms with Gasteiger partial charge in [0.1, 0.15) is 28.0 Å². The van der Waals surface area contributed by atoms with Crippen molar-refractivity contribution < 1.29 is 95.3 Å². The van der Waals surface area contributed by atoms with Crippen molar-refractivity contribution in [2.75, 3.05) is 33.0 Å². The van der Waals surface area contributed by atoms with Crippen molar-refractivity contribution in [2.24, 2.45) is 91.2 Å². The third-order valence-corrected chi connectivity index (χ3v) is 30.0. The molecule has 0 heterocycles. The average molecular weight is 1640 g/mol. The normalized spacial score (nSPS) is 24.6. The van der Waals surface area contributed by atoms with Crippen LogP contribution in [0, 0.1) is 91.2 Å². The largest absolute Gasteiger partial charge is 0.465 e. The molecule has 0 aromatic rings. The molecule has 8 bridgehead atoms. The maximum atomic E-state index is 12.5. The summed E-state index contributed by atoms with van der Waals surface area (Å²) in [6, 6.07) is 0. The van der Waals surface area contributed by atoms with Crippen LogP contribution in [-0.2, 0) is 95.3 Å². The average Bonchev–Trinajstić information content (AvgIpc) is 0.738. The Morgan fingerprint density at radius 3 is 0.793 bits per heavy atom. The van der Waals surface area contributed by atoms with E-state index in [1.54, 1.807) is 0 Å². The fraction of sp³-hybridized carbons (Fsp3) is 0.896. The molecule has 0 saturated heterocycles. The van der Waals surface area contributed by atoms with E-state index in [-0.39, 0.29) is 85.6 Å². The first-order valence-corrected chi connectivity index (χ1v) is 45.7. The lowest BCUT2D eigenvalue weighted by molar-refractivity contribution is -0.203. The summed E-state index contributed by atoms with van der Waals surface area (Å²) in [5.74, 6) is 3.20. The molecule has 11 aliphatic rings. The smallest absolute Gasteiger partial charge is 0.344 e. The molecule has 0 amide bonds. The molecule has 0 spiro atoms. The molecular weight excluding hydrogens is 1470 g/mol. The third kappa shape index (κ3) is 28.9. The molecule has 0 N–H and O–H groups in total. The van der Waals surface area contributed by atoms with E-state index >= 15 is 0 Å². The molecule has 1 atom stereocenters. The highest BCUT2D eigenvalue weighted by Gasteiger charge is 2.61. The topological polar surface area (TPSA) is 263 Å². The molecular formula is C96H164O20. The van der Waals surface area contributed by atoms with Gasteiger partial charge in [-0.1, -0.05) is 86.5 Å². The number of hydrogen-bond donors (Lipinski definition) is 0. The molecule has 0 aromatic heterocycles. The summed E-state index contributed by atoms with van der Waals surface area (Å²) in [4.78, 5) is 120. The van der Waals surface area contributed by atoms with Crippen LogP contribution in [0.4, 0.5) is 0 Å². The van der Waals surface area contributed by atoms with Gasteiger partial charge in [0.25, 0.3) is 0 Å². The molecule has 11 saturated carbocycles. The highest BCUT2D eigenvalue weighted by Crippen LogP contribution is 2.66.